The van der Waals surface area contributed by atoms with Crippen LogP contribution in [0.1, 0.15) is 26.4 Å². The van der Waals surface area contributed by atoms with Crippen molar-refractivity contribution in [3.8, 4) is 11.4 Å². The third-order valence-electron chi connectivity index (χ3n) is 4.46. The van der Waals surface area contributed by atoms with Crippen molar-refractivity contribution < 1.29 is 9.59 Å². The Morgan fingerprint density at radius 2 is 1.72 bits per heavy atom. The fourth-order valence-electron chi connectivity index (χ4n) is 2.85. The number of nitrogens with zero attached hydrogens (tertiary/aromatic N) is 3. The smallest absolute Gasteiger partial charge is 0.252 e. The van der Waals surface area contributed by atoms with Gasteiger partial charge in [0.05, 0.1) is 11.3 Å². The zero-order valence-corrected chi connectivity index (χ0v) is 16.4. The van der Waals surface area contributed by atoms with Crippen molar-refractivity contribution in [3.63, 3.8) is 0 Å². The van der Waals surface area contributed by atoms with Crippen molar-refractivity contribution >= 4 is 17.5 Å². The van der Waals surface area contributed by atoms with E-state index in [0.29, 0.717) is 30.0 Å². The van der Waals surface area contributed by atoms with Crippen molar-refractivity contribution in [2.75, 3.05) is 25.5 Å². The monoisotopic (exact) mass is 389 g/mol. The van der Waals surface area contributed by atoms with Crippen molar-refractivity contribution in [1.82, 2.24) is 15.3 Å². The van der Waals surface area contributed by atoms with E-state index < -0.39 is 5.91 Å². The van der Waals surface area contributed by atoms with Crippen LogP contribution in [0.2, 0.25) is 0 Å². The van der Waals surface area contributed by atoms with Gasteiger partial charge in [0.25, 0.3) is 11.8 Å². The van der Waals surface area contributed by atoms with Crippen LogP contribution in [0, 0.1) is 0 Å². The van der Waals surface area contributed by atoms with Gasteiger partial charge in [-0.3, -0.25) is 9.59 Å². The Bertz CT molecular complexity index is 1000. The normalized spacial score (nSPS) is 10.4. The Morgan fingerprint density at radius 1 is 1.03 bits per heavy atom. The molecular formula is C22H23N5O2. The van der Waals surface area contributed by atoms with Crippen molar-refractivity contribution in [2.45, 2.75) is 6.42 Å². The average Bonchev–Trinajstić information content (AvgIpc) is 2.74. The van der Waals surface area contributed by atoms with Gasteiger partial charge in [-0.1, -0.05) is 30.3 Å². The molecular weight excluding hydrogens is 366 g/mol. The number of nitrogens with two attached hydrogens (primary N) is 1. The zero-order valence-electron chi connectivity index (χ0n) is 16.4. The second kappa shape index (κ2) is 8.97. The van der Waals surface area contributed by atoms with Gasteiger partial charge in [0, 0.05) is 50.1 Å². The molecule has 0 unspecified atom stereocenters. The number of rotatable bonds is 7. The molecule has 0 aliphatic rings. The fourth-order valence-corrected chi connectivity index (χ4v) is 2.85. The van der Waals surface area contributed by atoms with Crippen LogP contribution in [0.5, 0.6) is 0 Å². The van der Waals surface area contributed by atoms with E-state index in [4.69, 9.17) is 5.73 Å². The number of hydrogen-bond donors (Lipinski definition) is 2. The lowest BCUT2D eigenvalue weighted by molar-refractivity contribution is 0.0953. The molecule has 2 aromatic carbocycles. The molecule has 29 heavy (non-hydrogen) atoms. The molecule has 2 amide bonds. The minimum absolute atomic E-state index is 0.187. The van der Waals surface area contributed by atoms with Crippen LogP contribution in [0.3, 0.4) is 0 Å². The summed E-state index contributed by atoms with van der Waals surface area (Å²) in [6, 6.07) is 16.8. The second-order valence-electron chi connectivity index (χ2n) is 6.73. The van der Waals surface area contributed by atoms with Gasteiger partial charge in [-0.25, -0.2) is 9.97 Å². The lowest BCUT2D eigenvalue weighted by atomic mass is 10.1. The van der Waals surface area contributed by atoms with Gasteiger partial charge in [0.15, 0.2) is 5.82 Å². The first-order chi connectivity index (χ1) is 14.0. The first kappa shape index (κ1) is 20.0. The maximum absolute atomic E-state index is 12.4. The third kappa shape index (κ3) is 4.95. The summed E-state index contributed by atoms with van der Waals surface area (Å²) in [5, 5.41) is 2.86. The van der Waals surface area contributed by atoms with Gasteiger partial charge in [-0.2, -0.15) is 0 Å². The van der Waals surface area contributed by atoms with Gasteiger partial charge in [0.1, 0.15) is 0 Å². The van der Waals surface area contributed by atoms with Crippen LogP contribution in [-0.4, -0.2) is 42.4 Å². The number of carbonyl (C=O) groups excluding carboxylic acids is 2. The molecule has 0 bridgehead atoms. The molecule has 7 heteroatoms. The maximum Gasteiger partial charge on any atom is 0.252 e. The summed E-state index contributed by atoms with van der Waals surface area (Å²) in [6.45, 7) is 0.319. The highest BCUT2D eigenvalue weighted by Crippen LogP contribution is 2.16. The predicted molar refractivity (Wildman–Crippen MR) is 113 cm³/mol. The van der Waals surface area contributed by atoms with Crippen molar-refractivity contribution in [2.24, 2.45) is 5.73 Å². The molecule has 148 valence electrons. The molecule has 1 aromatic heterocycles. The largest absolute Gasteiger partial charge is 0.378 e. The maximum atomic E-state index is 12.4. The quantitative estimate of drug-likeness (QED) is 0.646. The molecule has 0 radical (unpaired) electrons. The number of hydrogen-bond acceptors (Lipinski definition) is 5. The Morgan fingerprint density at radius 3 is 2.34 bits per heavy atom. The molecule has 0 spiro atoms. The van der Waals surface area contributed by atoms with Crippen LogP contribution in [-0.2, 0) is 6.42 Å². The molecule has 0 fully saturated rings. The minimum atomic E-state index is -0.592. The van der Waals surface area contributed by atoms with Gasteiger partial charge >= 0.3 is 0 Å². The number of primary amides is 1. The van der Waals surface area contributed by atoms with E-state index in [1.807, 2.05) is 61.5 Å². The second-order valence-corrected chi connectivity index (χ2v) is 6.73. The highest BCUT2D eigenvalue weighted by Gasteiger charge is 2.14. The fraction of sp³-hybridized carbons (Fsp3) is 0.182. The number of nitrogens with one attached hydrogen (secondary N) is 1. The Kier molecular flexibility index (Phi) is 6.19. The third-order valence-corrected chi connectivity index (χ3v) is 4.46. The first-order valence-corrected chi connectivity index (χ1v) is 9.22. The summed E-state index contributed by atoms with van der Waals surface area (Å²) >= 11 is 0. The molecule has 7 nitrogen and oxygen atoms in total. The van der Waals surface area contributed by atoms with Crippen LogP contribution in [0.4, 0.5) is 5.69 Å². The SMILES string of the molecule is CN(C)c1ccc(C(=O)NCCc2nc(-c3ccccc3)ncc2C(N)=O)cc1. The number of benzene rings is 2. The highest BCUT2D eigenvalue weighted by atomic mass is 16.2. The number of aromatic nitrogens is 2. The van der Waals surface area contributed by atoms with E-state index in [0.717, 1.165) is 11.3 Å². The molecule has 1 heterocycles. The molecule has 3 N–H and O–H groups in total. The predicted octanol–water partition coefficient (Wildman–Crippen LogP) is 2.28. The zero-order chi connectivity index (χ0) is 20.8. The first-order valence-electron chi connectivity index (χ1n) is 9.22. The highest BCUT2D eigenvalue weighted by molar-refractivity contribution is 5.95. The van der Waals surface area contributed by atoms with Gasteiger partial charge in [0.2, 0.25) is 0 Å². The van der Waals surface area contributed by atoms with E-state index in [-0.39, 0.29) is 11.5 Å². The Balaban J connectivity index is 1.70. The number of amides is 2. The Labute approximate surface area is 169 Å². The molecule has 0 atom stereocenters. The molecule has 3 rings (SSSR count). The molecule has 0 saturated heterocycles. The van der Waals surface area contributed by atoms with Crippen LogP contribution >= 0.6 is 0 Å². The average molecular weight is 389 g/mol. The van der Waals surface area contributed by atoms with Crippen molar-refractivity contribution in [1.29, 1.82) is 0 Å². The minimum Gasteiger partial charge on any atom is -0.378 e. The van der Waals surface area contributed by atoms with Crippen LogP contribution in [0.25, 0.3) is 11.4 Å². The molecule has 0 saturated carbocycles. The van der Waals surface area contributed by atoms with E-state index in [9.17, 15) is 9.59 Å². The van der Waals surface area contributed by atoms with Crippen LogP contribution in [0.15, 0.2) is 60.8 Å². The summed E-state index contributed by atoms with van der Waals surface area (Å²) in [7, 11) is 3.88. The summed E-state index contributed by atoms with van der Waals surface area (Å²) in [5.74, 6) is -0.269. The molecule has 0 aliphatic heterocycles. The van der Waals surface area contributed by atoms with Gasteiger partial charge in [-0.15, -0.1) is 0 Å². The van der Waals surface area contributed by atoms with E-state index in [1.165, 1.54) is 6.20 Å². The summed E-state index contributed by atoms with van der Waals surface area (Å²) in [4.78, 5) is 34.8. The van der Waals surface area contributed by atoms with E-state index in [1.54, 1.807) is 12.1 Å². The lowest BCUT2D eigenvalue weighted by Crippen LogP contribution is -2.27. The summed E-state index contributed by atoms with van der Waals surface area (Å²) < 4.78 is 0. The molecule has 3 aromatic rings. The number of carbonyl (C=O) groups is 2. The topological polar surface area (TPSA) is 101 Å². The summed E-state index contributed by atoms with van der Waals surface area (Å²) in [6.07, 6.45) is 1.80. The lowest BCUT2D eigenvalue weighted by Gasteiger charge is -2.13. The van der Waals surface area contributed by atoms with Crippen LogP contribution < -0.4 is 16.0 Å². The summed E-state index contributed by atoms with van der Waals surface area (Å²) in [5.41, 5.74) is 8.65. The molecule has 0 aliphatic carbocycles. The van der Waals surface area contributed by atoms with E-state index >= 15 is 0 Å². The van der Waals surface area contributed by atoms with E-state index in [2.05, 4.69) is 15.3 Å². The standard InChI is InChI=1S/C22H23N5O2/c1-27(2)17-10-8-16(9-11-17)22(29)24-13-12-19-18(20(23)28)14-25-21(26-19)15-6-4-3-5-7-15/h3-11,14H,12-13H2,1-2H3,(H2,23,28)(H,24,29). The van der Waals surface area contributed by atoms with Gasteiger partial charge in [-0.05, 0) is 24.3 Å². The van der Waals surface area contributed by atoms with Gasteiger partial charge < -0.3 is 16.0 Å². The van der Waals surface area contributed by atoms with Crippen molar-refractivity contribution in [3.05, 3.63) is 77.6 Å². The number of anilines is 1. The Hall–Kier alpha value is -3.74.